The maximum Gasteiger partial charge on any atom is 0.408 e. The molecule has 0 saturated carbocycles. The maximum atomic E-state index is 14.6. The minimum atomic E-state index is -1.11. The van der Waals surface area contributed by atoms with E-state index in [4.69, 9.17) is 19.2 Å². The van der Waals surface area contributed by atoms with Gasteiger partial charge in [-0.1, -0.05) is 32.0 Å². The largest absolute Gasteiger partial charge is 0.468 e. The van der Waals surface area contributed by atoms with Crippen LogP contribution < -0.4 is 10.7 Å². The van der Waals surface area contributed by atoms with Gasteiger partial charge in [-0.2, -0.15) is 0 Å². The van der Waals surface area contributed by atoms with Crippen LogP contribution in [0, 0.1) is 5.41 Å². The van der Waals surface area contributed by atoms with Crippen LogP contribution >= 0.6 is 0 Å². The fraction of sp³-hybridized carbons (Fsp3) is 0.500. The molecule has 1 aliphatic rings. The third-order valence-electron chi connectivity index (χ3n) is 10.3. The molecule has 2 aromatic carbocycles. The quantitative estimate of drug-likeness (QED) is 0.113. The molecule has 0 aliphatic carbocycles. The van der Waals surface area contributed by atoms with Crippen LogP contribution in [0.15, 0.2) is 54.7 Å². The number of hydrazine groups is 1. The lowest BCUT2D eigenvalue weighted by molar-refractivity contribution is -0.150. The Labute approximate surface area is 335 Å². The summed E-state index contributed by atoms with van der Waals surface area (Å²) in [6.45, 7) is 13.6. The molecule has 0 radical (unpaired) electrons. The Bertz CT molecular complexity index is 2070. The molecule has 0 spiro atoms. The number of aliphatic hydroxyl groups is 1. The zero-order valence-electron chi connectivity index (χ0n) is 34.7. The summed E-state index contributed by atoms with van der Waals surface area (Å²) in [4.78, 5) is 44.3. The van der Waals surface area contributed by atoms with Crippen molar-refractivity contribution in [1.82, 2.24) is 25.3 Å². The number of alkyl halides is 1. The highest BCUT2D eigenvalue weighted by Crippen LogP contribution is 2.41. The smallest absolute Gasteiger partial charge is 0.408 e. The highest BCUT2D eigenvalue weighted by atomic mass is 19.1. The van der Waals surface area contributed by atoms with E-state index in [0.717, 1.165) is 44.5 Å². The topological polar surface area (TPSA) is 144 Å². The first-order valence-corrected chi connectivity index (χ1v) is 19.6. The van der Waals surface area contributed by atoms with Crippen molar-refractivity contribution in [1.29, 1.82) is 0 Å². The number of carbonyl (C=O) groups is 3. The van der Waals surface area contributed by atoms with Gasteiger partial charge in [0, 0.05) is 55.9 Å². The summed E-state index contributed by atoms with van der Waals surface area (Å²) in [7, 11) is 2.96. The number of aliphatic hydroxyl groups excluding tert-OH is 1. The summed E-state index contributed by atoms with van der Waals surface area (Å²) in [5.74, 6) is -0.957. The van der Waals surface area contributed by atoms with Gasteiger partial charge in [-0.3, -0.25) is 19.6 Å². The number of ether oxygens (including phenoxy) is 3. The molecule has 3 heterocycles. The molecule has 57 heavy (non-hydrogen) atoms. The summed E-state index contributed by atoms with van der Waals surface area (Å²) in [5.41, 5.74) is 9.13. The van der Waals surface area contributed by atoms with Crippen molar-refractivity contribution < 1.29 is 38.1 Å². The van der Waals surface area contributed by atoms with Gasteiger partial charge < -0.3 is 29.2 Å². The fourth-order valence-corrected chi connectivity index (χ4v) is 7.46. The Morgan fingerprint density at radius 3 is 2.44 bits per heavy atom. The van der Waals surface area contributed by atoms with Crippen molar-refractivity contribution >= 4 is 28.9 Å². The standard InChI is InChI=1S/C44H58FN5O7/c1-10-49-37-16-15-30(23-33(37)34(24-44(6,7)26-51)39(49)32-13-11-17-46-38(32)27(2)55-8)31-20-28(19-29(21-31)25-45)22-36(47-42(54)57-43(3,4)5)40(52)50-18-12-14-35(48-50)41(53)56-9/h11,13,15-17,19-21,23,27,35-36,48,51H,10,12,14,18,22,24-26H2,1-9H3,(H,47,54)/t27-,35?,36?/m0/s1. The van der Waals surface area contributed by atoms with Crippen molar-refractivity contribution in [2.75, 3.05) is 27.4 Å². The lowest BCUT2D eigenvalue weighted by atomic mass is 9.84. The highest BCUT2D eigenvalue weighted by molar-refractivity contribution is 5.95. The molecule has 2 unspecified atom stereocenters. The number of alkyl carbamates (subject to hydrolysis) is 1. The van der Waals surface area contributed by atoms with E-state index in [9.17, 15) is 23.9 Å². The summed E-state index contributed by atoms with van der Waals surface area (Å²) >= 11 is 0. The van der Waals surface area contributed by atoms with Crippen LogP contribution in [0.5, 0.6) is 0 Å². The van der Waals surface area contributed by atoms with Crippen molar-refractivity contribution in [2.45, 2.75) is 111 Å². The van der Waals surface area contributed by atoms with Crippen LogP contribution in [-0.2, 0) is 49.9 Å². The summed E-state index contributed by atoms with van der Waals surface area (Å²) in [5, 5.41) is 15.5. The fourth-order valence-electron chi connectivity index (χ4n) is 7.46. The van der Waals surface area contributed by atoms with Gasteiger partial charge >= 0.3 is 12.1 Å². The van der Waals surface area contributed by atoms with Crippen LogP contribution in [0.2, 0.25) is 0 Å². The van der Waals surface area contributed by atoms with Gasteiger partial charge in [0.1, 0.15) is 24.4 Å². The van der Waals surface area contributed by atoms with Gasteiger partial charge in [-0.15, -0.1) is 0 Å². The van der Waals surface area contributed by atoms with Crippen molar-refractivity contribution in [2.24, 2.45) is 5.41 Å². The summed E-state index contributed by atoms with van der Waals surface area (Å²) in [6.07, 6.45) is 2.36. The zero-order chi connectivity index (χ0) is 41.7. The van der Waals surface area contributed by atoms with E-state index in [0.29, 0.717) is 43.5 Å². The van der Waals surface area contributed by atoms with Gasteiger partial charge in [-0.05, 0) is 117 Å². The molecular formula is C44H58FN5O7. The van der Waals surface area contributed by atoms with Crippen LogP contribution in [0.1, 0.15) is 89.8 Å². The normalized spacial score (nSPS) is 16.0. The first-order chi connectivity index (χ1) is 27.0. The molecule has 3 atom stereocenters. The second kappa shape index (κ2) is 18.2. The van der Waals surface area contributed by atoms with Crippen molar-refractivity contribution in [3.8, 4) is 22.4 Å². The molecule has 13 heteroatoms. The number of benzene rings is 2. The number of methoxy groups -OCH3 is 2. The summed E-state index contributed by atoms with van der Waals surface area (Å²) in [6, 6.07) is 13.7. The lowest BCUT2D eigenvalue weighted by Crippen LogP contribution is -2.60. The van der Waals surface area contributed by atoms with E-state index in [1.54, 1.807) is 46.2 Å². The predicted octanol–water partition coefficient (Wildman–Crippen LogP) is 7.23. The Morgan fingerprint density at radius 2 is 1.79 bits per heavy atom. The maximum absolute atomic E-state index is 14.6. The van der Waals surface area contributed by atoms with Gasteiger partial charge in [0.05, 0.1) is 24.6 Å². The average molecular weight is 788 g/mol. The Morgan fingerprint density at radius 1 is 1.05 bits per heavy atom. The number of esters is 1. The minimum Gasteiger partial charge on any atom is -0.468 e. The number of hydrogen-bond donors (Lipinski definition) is 3. The number of pyridine rings is 1. The lowest BCUT2D eigenvalue weighted by Gasteiger charge is -2.35. The van der Waals surface area contributed by atoms with Crippen LogP contribution in [0.3, 0.4) is 0 Å². The van der Waals surface area contributed by atoms with E-state index in [1.807, 2.05) is 39.0 Å². The van der Waals surface area contributed by atoms with E-state index in [1.165, 1.54) is 12.1 Å². The molecular weight excluding hydrogens is 730 g/mol. The number of hydrogen-bond acceptors (Lipinski definition) is 9. The number of halogens is 1. The van der Waals surface area contributed by atoms with Gasteiger partial charge in [0.2, 0.25) is 0 Å². The van der Waals surface area contributed by atoms with Gasteiger partial charge in [-0.25, -0.2) is 14.6 Å². The molecule has 5 rings (SSSR count). The molecule has 2 aromatic heterocycles. The molecule has 2 amide bonds. The van der Waals surface area contributed by atoms with E-state index in [2.05, 4.69) is 40.4 Å². The number of rotatable bonds is 14. The van der Waals surface area contributed by atoms with Crippen molar-refractivity contribution in [3.05, 3.63) is 77.1 Å². The third-order valence-corrected chi connectivity index (χ3v) is 10.3. The predicted molar refractivity (Wildman–Crippen MR) is 218 cm³/mol. The van der Waals surface area contributed by atoms with Crippen molar-refractivity contribution in [3.63, 3.8) is 0 Å². The molecule has 1 saturated heterocycles. The highest BCUT2D eigenvalue weighted by Gasteiger charge is 2.34. The molecule has 12 nitrogen and oxygen atoms in total. The second-order valence-corrected chi connectivity index (χ2v) is 16.5. The Balaban J connectivity index is 1.61. The number of aryl methyl sites for hydroxylation is 1. The van der Waals surface area contributed by atoms with Gasteiger partial charge in [0.15, 0.2) is 0 Å². The molecule has 3 N–H and O–H groups in total. The monoisotopic (exact) mass is 787 g/mol. The third kappa shape index (κ3) is 10.2. The first-order valence-electron chi connectivity index (χ1n) is 19.6. The Kier molecular flexibility index (Phi) is 13.8. The zero-order valence-corrected chi connectivity index (χ0v) is 34.7. The van der Waals surface area contributed by atoms with E-state index < -0.39 is 47.7 Å². The Hall–Kier alpha value is -4.85. The molecule has 0 bridgehead atoms. The minimum absolute atomic E-state index is 0.0191. The molecule has 1 aliphatic heterocycles. The molecule has 308 valence electrons. The molecule has 4 aromatic rings. The first kappa shape index (κ1) is 43.3. The van der Waals surface area contributed by atoms with Crippen LogP contribution in [-0.4, -0.2) is 82.7 Å². The number of nitrogens with one attached hydrogen (secondary N) is 2. The average Bonchev–Trinajstić information content (AvgIpc) is 3.50. The second-order valence-electron chi connectivity index (χ2n) is 16.5. The number of amides is 2. The number of fused-ring (bicyclic) bond motifs is 1. The van der Waals surface area contributed by atoms with E-state index >= 15 is 0 Å². The SMILES string of the molecule is CCn1c(-c2cccnc2[C@H](C)OC)c(CC(C)(C)CO)c2cc(-c3cc(CF)cc(CC(NC(=O)OC(C)(C)C)C(=O)N4CCCC(C(=O)OC)N4)c3)ccc21. The number of carbonyl (C=O) groups excluding carboxylic acids is 3. The van der Waals surface area contributed by atoms with Crippen LogP contribution in [0.25, 0.3) is 33.3 Å². The van der Waals surface area contributed by atoms with Crippen LogP contribution in [0.4, 0.5) is 9.18 Å². The summed E-state index contributed by atoms with van der Waals surface area (Å²) < 4.78 is 33.1. The molecule has 1 fully saturated rings. The number of aromatic nitrogens is 2. The number of nitrogens with zero attached hydrogens (tertiary/aromatic N) is 3. The van der Waals surface area contributed by atoms with Gasteiger partial charge in [0.25, 0.3) is 5.91 Å². The van der Waals surface area contributed by atoms with E-state index in [-0.39, 0.29) is 19.1 Å².